The molecule has 0 aliphatic carbocycles. The molecular formula is C18H19F2N3O4S. The van der Waals surface area contributed by atoms with Crippen molar-refractivity contribution in [2.75, 3.05) is 14.2 Å². The third-order valence-corrected chi connectivity index (χ3v) is 5.36. The smallest absolute Gasteiger partial charge is 0.387 e. The van der Waals surface area contributed by atoms with E-state index in [2.05, 4.69) is 19.7 Å². The molecule has 0 bridgehead atoms. The average molecular weight is 411 g/mol. The number of alkyl halides is 2. The first-order chi connectivity index (χ1) is 13.3. The molecule has 1 atom stereocenters. The van der Waals surface area contributed by atoms with Gasteiger partial charge < -0.3 is 19.2 Å². The molecule has 0 aliphatic heterocycles. The Kier molecular flexibility index (Phi) is 5.78. The molecule has 10 heteroatoms. The summed E-state index contributed by atoms with van der Waals surface area (Å²) < 4.78 is 52.8. The zero-order valence-electron chi connectivity index (χ0n) is 15.7. The zero-order chi connectivity index (χ0) is 20.4. The summed E-state index contributed by atoms with van der Waals surface area (Å²) in [5, 5.41) is 0.201. The fraction of sp³-hybridized carbons (Fsp3) is 0.333. The predicted octanol–water partition coefficient (Wildman–Crippen LogP) is 3.50. The van der Waals surface area contributed by atoms with Gasteiger partial charge in [-0.2, -0.15) is 8.78 Å². The Balaban J connectivity index is 1.92. The highest BCUT2D eigenvalue weighted by Gasteiger charge is 2.18. The maximum absolute atomic E-state index is 12.8. The summed E-state index contributed by atoms with van der Waals surface area (Å²) in [5.41, 5.74) is 3.15. The van der Waals surface area contributed by atoms with Gasteiger partial charge in [-0.15, -0.1) is 0 Å². The van der Waals surface area contributed by atoms with E-state index in [1.54, 1.807) is 13.3 Å². The minimum atomic E-state index is -2.99. The van der Waals surface area contributed by atoms with E-state index in [1.165, 1.54) is 19.2 Å². The minimum Gasteiger partial charge on any atom is -0.496 e. The molecule has 0 aliphatic rings. The molecule has 3 rings (SSSR count). The number of halogens is 2. The highest BCUT2D eigenvalue weighted by molar-refractivity contribution is 7.84. The third-order valence-electron chi connectivity index (χ3n) is 4.19. The quantitative estimate of drug-likeness (QED) is 0.640. The molecule has 2 heterocycles. The molecule has 0 saturated carbocycles. The Labute approximate surface area is 162 Å². The molecule has 0 fully saturated rings. The van der Waals surface area contributed by atoms with Crippen molar-refractivity contribution in [3.63, 3.8) is 0 Å². The first-order valence-corrected chi connectivity index (χ1v) is 9.56. The molecular weight excluding hydrogens is 392 g/mol. The lowest BCUT2D eigenvalue weighted by atomic mass is 10.1. The Hall–Kier alpha value is -2.75. The van der Waals surface area contributed by atoms with E-state index in [0.29, 0.717) is 22.5 Å². The van der Waals surface area contributed by atoms with Crippen LogP contribution in [0.4, 0.5) is 8.78 Å². The molecule has 1 N–H and O–H groups in total. The number of ether oxygens (including phenoxy) is 3. The number of pyridine rings is 1. The van der Waals surface area contributed by atoms with Crippen LogP contribution in [0.1, 0.15) is 16.8 Å². The van der Waals surface area contributed by atoms with E-state index < -0.39 is 17.4 Å². The van der Waals surface area contributed by atoms with Crippen LogP contribution in [0.25, 0.3) is 11.0 Å². The van der Waals surface area contributed by atoms with Crippen molar-refractivity contribution in [3.8, 4) is 17.2 Å². The normalized spacial score (nSPS) is 12.4. The van der Waals surface area contributed by atoms with E-state index in [1.807, 2.05) is 13.8 Å². The maximum atomic E-state index is 12.8. The van der Waals surface area contributed by atoms with Gasteiger partial charge in [-0.3, -0.25) is 9.19 Å². The summed E-state index contributed by atoms with van der Waals surface area (Å²) in [6.45, 7) is 0.738. The van der Waals surface area contributed by atoms with E-state index in [-0.39, 0.29) is 22.4 Å². The highest BCUT2D eigenvalue weighted by Crippen LogP contribution is 2.33. The van der Waals surface area contributed by atoms with Gasteiger partial charge >= 0.3 is 6.61 Å². The van der Waals surface area contributed by atoms with Crippen LogP contribution in [0.3, 0.4) is 0 Å². The number of rotatable bonds is 7. The summed E-state index contributed by atoms with van der Waals surface area (Å²) in [7, 11) is 1.37. The van der Waals surface area contributed by atoms with Gasteiger partial charge in [0, 0.05) is 29.5 Å². The van der Waals surface area contributed by atoms with Crippen LogP contribution < -0.4 is 14.2 Å². The number of aromatic amines is 1. The highest BCUT2D eigenvalue weighted by atomic mass is 32.2. The van der Waals surface area contributed by atoms with E-state index in [0.717, 1.165) is 11.1 Å². The molecule has 0 radical (unpaired) electrons. The van der Waals surface area contributed by atoms with Crippen LogP contribution in [-0.4, -0.2) is 40.0 Å². The molecule has 0 spiro atoms. The topological polar surface area (TPSA) is 86.3 Å². The van der Waals surface area contributed by atoms with Crippen molar-refractivity contribution in [1.29, 1.82) is 0 Å². The molecule has 3 aromatic rings. The first-order valence-electron chi connectivity index (χ1n) is 8.24. The van der Waals surface area contributed by atoms with Crippen molar-refractivity contribution in [3.05, 3.63) is 35.2 Å². The number of benzene rings is 1. The van der Waals surface area contributed by atoms with Gasteiger partial charge in [-0.1, -0.05) is 0 Å². The van der Waals surface area contributed by atoms with Gasteiger partial charge in [0.15, 0.2) is 16.7 Å². The summed E-state index contributed by atoms with van der Waals surface area (Å²) >= 11 is 0. The number of aryl methyl sites for hydroxylation is 1. The molecule has 2 aromatic heterocycles. The fourth-order valence-corrected chi connectivity index (χ4v) is 3.96. The Morgan fingerprint density at radius 1 is 1.18 bits per heavy atom. The summed E-state index contributed by atoms with van der Waals surface area (Å²) in [6.07, 6.45) is 1.66. The van der Waals surface area contributed by atoms with Crippen LogP contribution in [0.15, 0.2) is 23.5 Å². The number of hydrogen-bond acceptors (Lipinski definition) is 6. The van der Waals surface area contributed by atoms with Gasteiger partial charge in [0.2, 0.25) is 0 Å². The summed E-state index contributed by atoms with van der Waals surface area (Å²) in [5.74, 6) is 0.800. The second kappa shape index (κ2) is 8.09. The van der Waals surface area contributed by atoms with Crippen LogP contribution in [0.5, 0.6) is 17.2 Å². The van der Waals surface area contributed by atoms with Crippen molar-refractivity contribution >= 4 is 21.8 Å². The minimum absolute atomic E-state index is 0.109. The number of imidazole rings is 1. The molecule has 150 valence electrons. The number of methoxy groups -OCH3 is 2. The first kappa shape index (κ1) is 20.0. The molecule has 28 heavy (non-hydrogen) atoms. The largest absolute Gasteiger partial charge is 0.496 e. The van der Waals surface area contributed by atoms with E-state index in [4.69, 9.17) is 9.47 Å². The number of fused-ring (bicyclic) bond motifs is 1. The van der Waals surface area contributed by atoms with E-state index in [9.17, 15) is 13.0 Å². The van der Waals surface area contributed by atoms with Crippen molar-refractivity contribution < 1.29 is 27.2 Å². The Bertz CT molecular complexity index is 1040. The number of aromatic nitrogens is 3. The standard InChI is InChI=1S/C18H19F2N3O4S/c1-9-7-21-13(10(2)16(9)26-4)8-28(24)18-22-11-5-14(25-3)15(27-17(19)20)6-12(11)23-18/h5-7,17H,8H2,1-4H3,(H,22,23). The molecule has 0 amide bonds. The van der Waals surface area contributed by atoms with Gasteiger partial charge in [0.05, 0.1) is 47.5 Å². The number of H-pyrrole nitrogens is 1. The second-order valence-electron chi connectivity index (χ2n) is 5.98. The van der Waals surface area contributed by atoms with Crippen LogP contribution in [0.2, 0.25) is 0 Å². The average Bonchev–Trinajstić information content (AvgIpc) is 3.06. The van der Waals surface area contributed by atoms with Crippen molar-refractivity contribution in [2.24, 2.45) is 0 Å². The monoisotopic (exact) mass is 411 g/mol. The van der Waals surface area contributed by atoms with Gasteiger partial charge in [-0.05, 0) is 13.8 Å². The molecule has 0 saturated heterocycles. The van der Waals surface area contributed by atoms with Crippen LogP contribution in [-0.2, 0) is 16.6 Å². The number of hydrogen-bond donors (Lipinski definition) is 1. The lowest BCUT2D eigenvalue weighted by Crippen LogP contribution is -2.05. The lowest BCUT2D eigenvalue weighted by Gasteiger charge is -2.11. The van der Waals surface area contributed by atoms with Crippen LogP contribution >= 0.6 is 0 Å². The second-order valence-corrected chi connectivity index (χ2v) is 7.34. The third kappa shape index (κ3) is 3.91. The SMILES string of the molecule is COc1cc2nc(S(=O)Cc3ncc(C)c(OC)c3C)[nH]c2cc1OC(F)F. The molecule has 1 unspecified atom stereocenters. The Morgan fingerprint density at radius 2 is 1.93 bits per heavy atom. The van der Waals surface area contributed by atoms with Gasteiger partial charge in [-0.25, -0.2) is 4.98 Å². The van der Waals surface area contributed by atoms with Gasteiger partial charge in [0.1, 0.15) is 5.75 Å². The van der Waals surface area contributed by atoms with Gasteiger partial charge in [0.25, 0.3) is 0 Å². The zero-order valence-corrected chi connectivity index (χ0v) is 16.5. The molecule has 7 nitrogen and oxygen atoms in total. The van der Waals surface area contributed by atoms with Crippen molar-refractivity contribution in [1.82, 2.24) is 15.0 Å². The predicted molar refractivity (Wildman–Crippen MR) is 99.7 cm³/mol. The number of nitrogens with zero attached hydrogens (tertiary/aromatic N) is 2. The van der Waals surface area contributed by atoms with Crippen LogP contribution in [0, 0.1) is 13.8 Å². The maximum Gasteiger partial charge on any atom is 0.387 e. The summed E-state index contributed by atoms with van der Waals surface area (Å²) in [4.78, 5) is 11.5. The molecule has 1 aromatic carbocycles. The Morgan fingerprint density at radius 3 is 2.57 bits per heavy atom. The number of nitrogens with one attached hydrogen (secondary N) is 1. The van der Waals surface area contributed by atoms with E-state index >= 15 is 0 Å². The van der Waals surface area contributed by atoms with Crippen molar-refractivity contribution in [2.45, 2.75) is 31.4 Å². The summed E-state index contributed by atoms with van der Waals surface area (Å²) in [6, 6.07) is 2.79. The lowest BCUT2D eigenvalue weighted by molar-refractivity contribution is -0.0511. The fourth-order valence-electron chi connectivity index (χ4n) is 2.86.